The first-order valence-corrected chi connectivity index (χ1v) is 10.1. The van der Waals surface area contributed by atoms with E-state index >= 15 is 0 Å². The molecule has 0 bridgehead atoms. The number of nitrogens with zero attached hydrogens (tertiary/aromatic N) is 4. The average molecular weight is 396 g/mol. The fraction of sp³-hybridized carbons (Fsp3) is 0.300. The van der Waals surface area contributed by atoms with E-state index in [4.69, 9.17) is 0 Å². The first-order valence-electron chi connectivity index (χ1n) is 9.18. The molecule has 2 amide bonds. The Balaban J connectivity index is 1.32. The van der Waals surface area contributed by atoms with Crippen molar-refractivity contribution in [2.75, 3.05) is 26.2 Å². The van der Waals surface area contributed by atoms with Gasteiger partial charge in [0.1, 0.15) is 4.83 Å². The molecule has 144 valence electrons. The molecule has 0 unspecified atom stereocenters. The van der Waals surface area contributed by atoms with Crippen LogP contribution in [0.2, 0.25) is 0 Å². The number of carbonyl (C=O) groups excluding carboxylic acids is 2. The van der Waals surface area contributed by atoms with Crippen molar-refractivity contribution in [1.82, 2.24) is 19.4 Å². The molecule has 2 aromatic heterocycles. The Bertz CT molecular complexity index is 1050. The number of amides is 2. The smallest absolute Gasteiger partial charge is 0.262 e. The van der Waals surface area contributed by atoms with Gasteiger partial charge < -0.3 is 9.80 Å². The van der Waals surface area contributed by atoms with Crippen molar-refractivity contribution in [3.8, 4) is 0 Å². The van der Waals surface area contributed by atoms with E-state index in [9.17, 15) is 14.4 Å². The number of aryl methyl sites for hydroxylation is 1. The predicted molar refractivity (Wildman–Crippen MR) is 107 cm³/mol. The second-order valence-corrected chi connectivity index (χ2v) is 7.57. The quantitative estimate of drug-likeness (QED) is 0.674. The number of thiophene rings is 1. The molecule has 8 heteroatoms. The molecule has 1 aliphatic heterocycles. The lowest BCUT2D eigenvalue weighted by Crippen LogP contribution is -2.50. The van der Waals surface area contributed by atoms with Crippen LogP contribution in [-0.4, -0.2) is 57.3 Å². The Labute approximate surface area is 165 Å². The van der Waals surface area contributed by atoms with Crippen molar-refractivity contribution in [1.29, 1.82) is 0 Å². The second-order valence-electron chi connectivity index (χ2n) is 6.67. The molecule has 28 heavy (non-hydrogen) atoms. The third-order valence-corrected chi connectivity index (χ3v) is 5.78. The molecule has 1 aliphatic rings. The average Bonchev–Trinajstić information content (AvgIpc) is 3.23. The molecule has 1 saturated heterocycles. The number of aromatic nitrogens is 2. The summed E-state index contributed by atoms with van der Waals surface area (Å²) in [7, 11) is 0. The van der Waals surface area contributed by atoms with Gasteiger partial charge in [-0.3, -0.25) is 19.0 Å². The Morgan fingerprint density at radius 3 is 2.46 bits per heavy atom. The Hall–Kier alpha value is -3.00. The standard InChI is InChI=1S/C20H20N4O3S/c25-17(6-8-24-14-21-18-16(20(24)27)7-13-28-18)22-9-11-23(12-10-22)19(26)15-4-2-1-3-5-15/h1-5,7,13-14H,6,8-12H2. The van der Waals surface area contributed by atoms with Gasteiger partial charge >= 0.3 is 0 Å². The maximum atomic E-state index is 12.5. The summed E-state index contributed by atoms with van der Waals surface area (Å²) >= 11 is 1.43. The number of piperazine rings is 1. The summed E-state index contributed by atoms with van der Waals surface area (Å²) in [5.74, 6) is -0.0153. The number of rotatable bonds is 4. The second kappa shape index (κ2) is 7.93. The molecule has 0 aliphatic carbocycles. The van der Waals surface area contributed by atoms with Crippen LogP contribution in [0, 0.1) is 0 Å². The summed E-state index contributed by atoms with van der Waals surface area (Å²) in [6, 6.07) is 10.9. The minimum Gasteiger partial charge on any atom is -0.339 e. The molecular weight excluding hydrogens is 376 g/mol. The Morgan fingerprint density at radius 1 is 1.00 bits per heavy atom. The van der Waals surface area contributed by atoms with E-state index in [2.05, 4.69) is 4.98 Å². The van der Waals surface area contributed by atoms with E-state index in [1.165, 1.54) is 22.2 Å². The highest BCUT2D eigenvalue weighted by atomic mass is 32.1. The molecule has 0 spiro atoms. The van der Waals surface area contributed by atoms with Gasteiger partial charge in [0.2, 0.25) is 5.91 Å². The molecule has 3 aromatic rings. The van der Waals surface area contributed by atoms with Crippen LogP contribution < -0.4 is 5.56 Å². The molecule has 3 heterocycles. The zero-order valence-electron chi connectivity index (χ0n) is 15.3. The molecule has 4 rings (SSSR count). The molecule has 0 saturated carbocycles. The summed E-state index contributed by atoms with van der Waals surface area (Å²) in [6.45, 7) is 2.35. The largest absolute Gasteiger partial charge is 0.339 e. The molecular formula is C20H20N4O3S. The van der Waals surface area contributed by atoms with Crippen molar-refractivity contribution >= 4 is 33.4 Å². The van der Waals surface area contributed by atoms with Crippen molar-refractivity contribution in [3.05, 3.63) is 64.0 Å². The maximum Gasteiger partial charge on any atom is 0.262 e. The summed E-state index contributed by atoms with van der Waals surface area (Å²) in [4.78, 5) is 45.9. The van der Waals surface area contributed by atoms with Crippen LogP contribution in [0.4, 0.5) is 0 Å². The SMILES string of the molecule is O=C(CCn1cnc2sccc2c1=O)N1CCN(C(=O)c2ccccc2)CC1. The van der Waals surface area contributed by atoms with Crippen molar-refractivity contribution in [2.24, 2.45) is 0 Å². The van der Waals surface area contributed by atoms with Crippen molar-refractivity contribution < 1.29 is 9.59 Å². The molecule has 0 radical (unpaired) electrons. The first kappa shape index (κ1) is 18.4. The zero-order valence-corrected chi connectivity index (χ0v) is 16.1. The summed E-state index contributed by atoms with van der Waals surface area (Å²) in [6.07, 6.45) is 1.74. The lowest BCUT2D eigenvalue weighted by Gasteiger charge is -2.35. The molecule has 0 N–H and O–H groups in total. The highest BCUT2D eigenvalue weighted by Crippen LogP contribution is 2.14. The number of benzene rings is 1. The number of hydrogen-bond donors (Lipinski definition) is 0. The number of carbonyl (C=O) groups is 2. The van der Waals surface area contributed by atoms with Gasteiger partial charge in [-0.1, -0.05) is 18.2 Å². The molecule has 1 fully saturated rings. The minimum atomic E-state index is -0.114. The van der Waals surface area contributed by atoms with Gasteiger partial charge in [-0.2, -0.15) is 0 Å². The van der Waals surface area contributed by atoms with E-state index in [0.29, 0.717) is 48.5 Å². The van der Waals surface area contributed by atoms with Gasteiger partial charge in [-0.05, 0) is 23.6 Å². The summed E-state index contributed by atoms with van der Waals surface area (Å²) in [5.41, 5.74) is 0.551. The van der Waals surface area contributed by atoms with Gasteiger partial charge in [-0.25, -0.2) is 4.98 Å². The predicted octanol–water partition coefficient (Wildman–Crippen LogP) is 1.83. The number of hydrogen-bond acceptors (Lipinski definition) is 5. The van der Waals surface area contributed by atoms with Gasteiger partial charge in [0.05, 0.1) is 11.7 Å². The van der Waals surface area contributed by atoms with E-state index in [1.54, 1.807) is 28.0 Å². The Kier molecular flexibility index (Phi) is 5.21. The topological polar surface area (TPSA) is 75.5 Å². The molecule has 0 atom stereocenters. The van der Waals surface area contributed by atoms with E-state index in [-0.39, 0.29) is 23.8 Å². The summed E-state index contributed by atoms with van der Waals surface area (Å²) in [5, 5.41) is 2.43. The zero-order chi connectivity index (χ0) is 19.5. The minimum absolute atomic E-state index is 0.00519. The molecule has 1 aromatic carbocycles. The summed E-state index contributed by atoms with van der Waals surface area (Å²) < 4.78 is 1.49. The van der Waals surface area contributed by atoms with Crippen LogP contribution in [0.3, 0.4) is 0 Å². The highest BCUT2D eigenvalue weighted by Gasteiger charge is 2.24. The highest BCUT2D eigenvalue weighted by molar-refractivity contribution is 7.16. The van der Waals surface area contributed by atoms with Gasteiger partial charge in [0.25, 0.3) is 11.5 Å². The monoisotopic (exact) mass is 396 g/mol. The fourth-order valence-corrected chi connectivity index (χ4v) is 4.07. The van der Waals surface area contributed by atoms with Crippen LogP contribution in [0.25, 0.3) is 10.2 Å². The number of fused-ring (bicyclic) bond motifs is 1. The van der Waals surface area contributed by atoms with Crippen molar-refractivity contribution in [2.45, 2.75) is 13.0 Å². The fourth-order valence-electron chi connectivity index (χ4n) is 3.35. The third kappa shape index (κ3) is 3.68. The Morgan fingerprint density at radius 2 is 1.71 bits per heavy atom. The lowest BCUT2D eigenvalue weighted by atomic mass is 10.2. The van der Waals surface area contributed by atoms with Gasteiger partial charge in [0.15, 0.2) is 0 Å². The van der Waals surface area contributed by atoms with Crippen molar-refractivity contribution in [3.63, 3.8) is 0 Å². The van der Waals surface area contributed by atoms with E-state index < -0.39 is 0 Å². The third-order valence-electron chi connectivity index (χ3n) is 4.96. The van der Waals surface area contributed by atoms with Crippen LogP contribution in [0.5, 0.6) is 0 Å². The van der Waals surface area contributed by atoms with Gasteiger partial charge in [-0.15, -0.1) is 11.3 Å². The lowest BCUT2D eigenvalue weighted by molar-refractivity contribution is -0.132. The van der Waals surface area contributed by atoms with E-state index in [0.717, 1.165) is 0 Å². The van der Waals surface area contributed by atoms with Crippen LogP contribution in [-0.2, 0) is 11.3 Å². The first-order chi connectivity index (χ1) is 13.6. The normalized spacial score (nSPS) is 14.4. The van der Waals surface area contributed by atoms with Gasteiger partial charge in [0, 0.05) is 44.7 Å². The van der Waals surface area contributed by atoms with Crippen LogP contribution in [0.15, 0.2) is 52.9 Å². The maximum absolute atomic E-state index is 12.5. The van der Waals surface area contributed by atoms with Crippen LogP contribution >= 0.6 is 11.3 Å². The van der Waals surface area contributed by atoms with E-state index in [1.807, 2.05) is 23.6 Å². The van der Waals surface area contributed by atoms with Crippen LogP contribution in [0.1, 0.15) is 16.8 Å². The molecule has 7 nitrogen and oxygen atoms in total.